The zero-order chi connectivity index (χ0) is 17.5. The highest BCUT2D eigenvalue weighted by Gasteiger charge is 2.07. The molecule has 0 amide bonds. The Labute approximate surface area is 140 Å². The maximum atomic E-state index is 13.3. The van der Waals surface area contributed by atoms with E-state index in [4.69, 9.17) is 0 Å². The van der Waals surface area contributed by atoms with E-state index in [-0.39, 0.29) is 5.56 Å². The second-order valence-corrected chi connectivity index (χ2v) is 5.46. The first-order valence-electron chi connectivity index (χ1n) is 6.82. The van der Waals surface area contributed by atoms with Crippen molar-refractivity contribution in [3.05, 3.63) is 71.0 Å². The number of hydrogen-bond acceptors (Lipinski definition) is 4. The molecule has 7 heteroatoms. The van der Waals surface area contributed by atoms with Crippen LogP contribution in [0.25, 0.3) is 11.1 Å². The summed E-state index contributed by atoms with van der Waals surface area (Å²) >= 11 is 1.60. The van der Waals surface area contributed by atoms with Crippen molar-refractivity contribution in [3.63, 3.8) is 0 Å². The Balaban J connectivity index is 0.000000249. The van der Waals surface area contributed by atoms with E-state index in [1.165, 1.54) is 18.2 Å². The van der Waals surface area contributed by atoms with Crippen molar-refractivity contribution in [3.8, 4) is 11.1 Å². The Bertz CT molecular complexity index is 823. The van der Waals surface area contributed by atoms with E-state index in [9.17, 15) is 18.0 Å². The van der Waals surface area contributed by atoms with Crippen LogP contribution in [0, 0.1) is 17.5 Å². The first-order chi connectivity index (χ1) is 11.5. The molecule has 3 aromatic rings. The van der Waals surface area contributed by atoms with Gasteiger partial charge in [-0.25, -0.2) is 18.2 Å². The summed E-state index contributed by atoms with van der Waals surface area (Å²) in [5, 5.41) is 5.82. The molecule has 0 saturated heterocycles. The number of thiazole rings is 1. The van der Waals surface area contributed by atoms with Crippen LogP contribution in [0.4, 0.5) is 18.3 Å². The lowest BCUT2D eigenvalue weighted by molar-refractivity contribution is 0.112. The minimum absolute atomic E-state index is 0.0728. The van der Waals surface area contributed by atoms with Gasteiger partial charge in [-0.15, -0.1) is 11.3 Å². The second kappa shape index (κ2) is 8.26. The quantitative estimate of drug-likeness (QED) is 0.692. The van der Waals surface area contributed by atoms with Crippen molar-refractivity contribution >= 4 is 22.8 Å². The van der Waals surface area contributed by atoms with Gasteiger partial charge in [-0.1, -0.05) is 12.1 Å². The highest BCUT2D eigenvalue weighted by molar-refractivity contribution is 7.13. The van der Waals surface area contributed by atoms with Gasteiger partial charge in [-0.3, -0.25) is 4.79 Å². The number of carbonyl (C=O) groups excluding carboxylic acids is 1. The summed E-state index contributed by atoms with van der Waals surface area (Å²) in [6.45, 7) is 0. The van der Waals surface area contributed by atoms with E-state index in [0.717, 1.165) is 23.3 Å². The molecule has 0 fully saturated rings. The van der Waals surface area contributed by atoms with E-state index in [2.05, 4.69) is 10.3 Å². The third-order valence-electron chi connectivity index (χ3n) is 3.03. The Morgan fingerprint density at radius 2 is 1.67 bits per heavy atom. The zero-order valence-electron chi connectivity index (χ0n) is 12.6. The molecule has 0 unspecified atom stereocenters. The first kappa shape index (κ1) is 17.7. The van der Waals surface area contributed by atoms with Gasteiger partial charge in [0.15, 0.2) is 23.1 Å². The Morgan fingerprint density at radius 3 is 2.12 bits per heavy atom. The molecule has 1 N–H and O–H groups in total. The first-order valence-corrected chi connectivity index (χ1v) is 7.70. The molecule has 0 bridgehead atoms. The lowest BCUT2D eigenvalue weighted by Crippen LogP contribution is -1.90. The van der Waals surface area contributed by atoms with E-state index in [1.54, 1.807) is 17.5 Å². The number of benzene rings is 2. The number of nitrogens with zero attached hydrogens (tertiary/aromatic N) is 1. The smallest absolute Gasteiger partial charge is 0.182 e. The summed E-state index contributed by atoms with van der Waals surface area (Å²) in [6.07, 6.45) is 2.17. The van der Waals surface area contributed by atoms with Gasteiger partial charge in [0.2, 0.25) is 0 Å². The molecular weight excluding hydrogens is 337 g/mol. The Morgan fingerprint density at radius 1 is 1.00 bits per heavy atom. The summed E-state index contributed by atoms with van der Waals surface area (Å²) in [7, 11) is 1.86. The Hall–Kier alpha value is -2.67. The van der Waals surface area contributed by atoms with Gasteiger partial charge in [0.1, 0.15) is 5.82 Å². The molecule has 3 nitrogen and oxygen atoms in total. The molecule has 0 radical (unpaired) electrons. The van der Waals surface area contributed by atoms with Crippen LogP contribution in [0.2, 0.25) is 0 Å². The predicted molar refractivity (Wildman–Crippen MR) is 88.8 cm³/mol. The average Bonchev–Trinajstić information content (AvgIpc) is 3.11. The predicted octanol–water partition coefficient (Wildman–Crippen LogP) is 4.77. The molecule has 0 aliphatic carbocycles. The number of aldehydes is 1. The molecule has 0 aliphatic rings. The molecule has 1 heterocycles. The summed E-state index contributed by atoms with van der Waals surface area (Å²) in [4.78, 5) is 14.4. The van der Waals surface area contributed by atoms with Gasteiger partial charge >= 0.3 is 0 Å². The fourth-order valence-corrected chi connectivity index (χ4v) is 2.32. The minimum atomic E-state index is -0.998. The SMILES string of the molecule is CNc1nccs1.O=Cc1ccc(-c2ccc(F)c(F)c2)cc1F. The summed E-state index contributed by atoms with van der Waals surface area (Å²) in [6, 6.07) is 7.16. The summed E-state index contributed by atoms with van der Waals surface area (Å²) < 4.78 is 39.0. The molecule has 2 aromatic carbocycles. The maximum Gasteiger partial charge on any atom is 0.182 e. The number of anilines is 1. The lowest BCUT2D eigenvalue weighted by Gasteiger charge is -2.03. The molecule has 0 atom stereocenters. The number of hydrogen-bond donors (Lipinski definition) is 1. The minimum Gasteiger partial charge on any atom is -0.365 e. The number of rotatable bonds is 3. The number of aromatic nitrogens is 1. The molecule has 3 rings (SSSR count). The maximum absolute atomic E-state index is 13.3. The van der Waals surface area contributed by atoms with Gasteiger partial charge in [0.05, 0.1) is 5.56 Å². The largest absolute Gasteiger partial charge is 0.365 e. The third-order valence-corrected chi connectivity index (χ3v) is 3.82. The molecule has 124 valence electrons. The lowest BCUT2D eigenvalue weighted by atomic mass is 10.0. The van der Waals surface area contributed by atoms with Crippen molar-refractivity contribution in [2.45, 2.75) is 0 Å². The van der Waals surface area contributed by atoms with Gasteiger partial charge in [-0.05, 0) is 35.4 Å². The van der Waals surface area contributed by atoms with E-state index < -0.39 is 17.5 Å². The number of halogens is 3. The van der Waals surface area contributed by atoms with Crippen molar-refractivity contribution < 1.29 is 18.0 Å². The van der Waals surface area contributed by atoms with Crippen molar-refractivity contribution in [1.82, 2.24) is 4.98 Å². The monoisotopic (exact) mass is 350 g/mol. The van der Waals surface area contributed by atoms with Crippen LogP contribution in [0.1, 0.15) is 10.4 Å². The number of carbonyl (C=O) groups is 1. The van der Waals surface area contributed by atoms with Crippen LogP contribution in [0.5, 0.6) is 0 Å². The van der Waals surface area contributed by atoms with Gasteiger partial charge in [0.25, 0.3) is 0 Å². The molecule has 24 heavy (non-hydrogen) atoms. The van der Waals surface area contributed by atoms with Gasteiger partial charge in [0, 0.05) is 18.6 Å². The second-order valence-electron chi connectivity index (χ2n) is 4.57. The van der Waals surface area contributed by atoms with E-state index >= 15 is 0 Å². The fourth-order valence-electron chi connectivity index (χ4n) is 1.82. The van der Waals surface area contributed by atoms with Crippen molar-refractivity contribution in [1.29, 1.82) is 0 Å². The summed E-state index contributed by atoms with van der Waals surface area (Å²) in [5.74, 6) is -2.65. The van der Waals surface area contributed by atoms with E-state index in [0.29, 0.717) is 17.4 Å². The van der Waals surface area contributed by atoms with Gasteiger partial charge < -0.3 is 5.32 Å². The average molecular weight is 350 g/mol. The van der Waals surface area contributed by atoms with Crippen LogP contribution in [-0.2, 0) is 0 Å². The van der Waals surface area contributed by atoms with Crippen molar-refractivity contribution in [2.75, 3.05) is 12.4 Å². The molecule has 1 aromatic heterocycles. The van der Waals surface area contributed by atoms with Crippen LogP contribution in [-0.4, -0.2) is 18.3 Å². The number of nitrogens with one attached hydrogen (secondary N) is 1. The van der Waals surface area contributed by atoms with E-state index in [1.807, 2.05) is 12.4 Å². The summed E-state index contributed by atoms with van der Waals surface area (Å²) in [5.41, 5.74) is 0.656. The van der Waals surface area contributed by atoms with Crippen LogP contribution < -0.4 is 5.32 Å². The highest BCUT2D eigenvalue weighted by atomic mass is 32.1. The topological polar surface area (TPSA) is 42.0 Å². The van der Waals surface area contributed by atoms with Crippen LogP contribution in [0.15, 0.2) is 48.0 Å². The third kappa shape index (κ3) is 4.42. The normalized spacial score (nSPS) is 9.83. The molecule has 0 saturated carbocycles. The van der Waals surface area contributed by atoms with Crippen LogP contribution >= 0.6 is 11.3 Å². The fraction of sp³-hybridized carbons (Fsp3) is 0.0588. The zero-order valence-corrected chi connectivity index (χ0v) is 13.4. The van der Waals surface area contributed by atoms with Crippen LogP contribution in [0.3, 0.4) is 0 Å². The highest BCUT2D eigenvalue weighted by Crippen LogP contribution is 2.23. The molecular formula is C17H13F3N2OS. The standard InChI is InChI=1S/C13H7F3O.C4H6N2S/c14-11-4-3-9(6-13(11)16)8-1-2-10(7-17)12(15)5-8;1-5-4-6-2-3-7-4/h1-7H;2-3H,1H3,(H,5,6). The molecule has 0 aliphatic heterocycles. The van der Waals surface area contributed by atoms with Crippen molar-refractivity contribution in [2.24, 2.45) is 0 Å². The molecule has 0 spiro atoms. The van der Waals surface area contributed by atoms with Gasteiger partial charge in [-0.2, -0.15) is 0 Å². The Kier molecular flexibility index (Phi) is 6.08.